The summed E-state index contributed by atoms with van der Waals surface area (Å²) < 4.78 is 26.6. The molecule has 12 heteroatoms. The SMILES string of the molecule is CCOC(=O)c1cnn(CCC2OC(c3cccc(OC)c3OC)c3cc(Cl)ccc3-n3c2nc(Cl)c3Cl)c1. The average Bonchev–Trinajstić information content (AvgIpc) is 3.49. The van der Waals surface area contributed by atoms with E-state index < -0.39 is 18.2 Å². The zero-order valence-electron chi connectivity index (χ0n) is 21.4. The van der Waals surface area contributed by atoms with Gasteiger partial charge in [0.15, 0.2) is 21.8 Å². The van der Waals surface area contributed by atoms with Crippen molar-refractivity contribution in [3.05, 3.63) is 86.6 Å². The summed E-state index contributed by atoms with van der Waals surface area (Å²) in [6.45, 7) is 2.44. The number of esters is 1. The largest absolute Gasteiger partial charge is 0.493 e. The predicted molar refractivity (Wildman–Crippen MR) is 147 cm³/mol. The minimum absolute atomic E-state index is 0.155. The van der Waals surface area contributed by atoms with Crippen LogP contribution < -0.4 is 9.47 Å². The Morgan fingerprint density at radius 2 is 1.92 bits per heavy atom. The zero-order chi connectivity index (χ0) is 27.7. The number of nitrogens with zero attached hydrogens (tertiary/aromatic N) is 4. The van der Waals surface area contributed by atoms with Crippen LogP contribution in [-0.2, 0) is 16.0 Å². The third kappa shape index (κ3) is 5.19. The van der Waals surface area contributed by atoms with E-state index in [2.05, 4.69) is 10.1 Å². The third-order valence-electron chi connectivity index (χ3n) is 6.39. The molecule has 2 unspecified atom stereocenters. The van der Waals surface area contributed by atoms with Crippen LogP contribution >= 0.6 is 34.8 Å². The number of rotatable bonds is 8. The Hall–Kier alpha value is -3.24. The van der Waals surface area contributed by atoms with E-state index in [-0.39, 0.29) is 16.9 Å². The lowest BCUT2D eigenvalue weighted by Gasteiger charge is -2.25. The number of imidazole rings is 1. The lowest BCUT2D eigenvalue weighted by Crippen LogP contribution is -2.15. The Morgan fingerprint density at radius 3 is 2.67 bits per heavy atom. The van der Waals surface area contributed by atoms with Gasteiger partial charge in [0.25, 0.3) is 0 Å². The second-order valence-electron chi connectivity index (χ2n) is 8.68. The summed E-state index contributed by atoms with van der Waals surface area (Å²) in [4.78, 5) is 16.7. The van der Waals surface area contributed by atoms with E-state index in [1.165, 1.54) is 6.20 Å². The topological polar surface area (TPSA) is 89.6 Å². The van der Waals surface area contributed by atoms with E-state index in [4.69, 9.17) is 53.8 Å². The van der Waals surface area contributed by atoms with E-state index in [1.54, 1.807) is 42.7 Å². The summed E-state index contributed by atoms with van der Waals surface area (Å²) in [6.07, 6.45) is 2.33. The number of carbonyl (C=O) groups excluding carboxylic acids is 1. The standard InChI is InChI=1S/C27H25Cl3N4O5/c1-4-38-27(35)15-13-31-33(14-15)11-10-21-26-32-24(29)25(30)34(26)19-9-8-16(28)12-18(19)22(39-21)17-6-5-7-20(36-2)23(17)37-3/h5-9,12-14,21-22H,4,10-11H2,1-3H3. The van der Waals surface area contributed by atoms with Crippen LogP contribution in [0.2, 0.25) is 15.3 Å². The number of aromatic nitrogens is 4. The molecule has 39 heavy (non-hydrogen) atoms. The summed E-state index contributed by atoms with van der Waals surface area (Å²) >= 11 is 19.6. The highest BCUT2D eigenvalue weighted by Crippen LogP contribution is 2.47. The van der Waals surface area contributed by atoms with Crippen molar-refractivity contribution < 1.29 is 23.7 Å². The normalized spacial score (nSPS) is 16.3. The molecule has 0 amide bonds. The fourth-order valence-corrected chi connectivity index (χ4v) is 5.26. The van der Waals surface area contributed by atoms with Crippen LogP contribution in [0, 0.1) is 0 Å². The highest BCUT2D eigenvalue weighted by atomic mass is 35.5. The maximum Gasteiger partial charge on any atom is 0.341 e. The van der Waals surface area contributed by atoms with Crippen LogP contribution in [0.3, 0.4) is 0 Å². The van der Waals surface area contributed by atoms with E-state index in [0.29, 0.717) is 40.9 Å². The molecule has 9 nitrogen and oxygen atoms in total. The summed E-state index contributed by atoms with van der Waals surface area (Å²) in [5.74, 6) is 1.19. The molecule has 0 saturated carbocycles. The number of benzene rings is 2. The molecule has 204 valence electrons. The minimum Gasteiger partial charge on any atom is -0.493 e. The van der Waals surface area contributed by atoms with Crippen LogP contribution in [0.4, 0.5) is 0 Å². The number of carbonyl (C=O) groups is 1. The molecule has 2 aromatic heterocycles. The number of ether oxygens (including phenoxy) is 4. The van der Waals surface area contributed by atoms with E-state index in [9.17, 15) is 4.79 Å². The summed E-state index contributed by atoms with van der Waals surface area (Å²) in [6, 6.07) is 11.1. The quantitative estimate of drug-likeness (QED) is 0.217. The summed E-state index contributed by atoms with van der Waals surface area (Å²) in [5.41, 5.74) is 2.58. The van der Waals surface area contributed by atoms with Gasteiger partial charge in [-0.1, -0.05) is 46.9 Å². The Kier molecular flexibility index (Phi) is 8.04. The lowest BCUT2D eigenvalue weighted by atomic mass is 9.98. The van der Waals surface area contributed by atoms with Crippen LogP contribution in [0.5, 0.6) is 11.5 Å². The van der Waals surface area contributed by atoms with Crippen molar-refractivity contribution in [3.63, 3.8) is 0 Å². The molecule has 1 aliphatic heterocycles. The van der Waals surface area contributed by atoms with Crippen molar-refractivity contribution >= 4 is 40.8 Å². The van der Waals surface area contributed by atoms with Gasteiger partial charge in [-0.3, -0.25) is 9.25 Å². The number of aryl methyl sites for hydroxylation is 1. The Morgan fingerprint density at radius 1 is 1.10 bits per heavy atom. The molecule has 3 heterocycles. The van der Waals surface area contributed by atoms with Gasteiger partial charge in [-0.2, -0.15) is 5.10 Å². The highest BCUT2D eigenvalue weighted by molar-refractivity contribution is 6.40. The van der Waals surface area contributed by atoms with Crippen molar-refractivity contribution in [2.24, 2.45) is 0 Å². The number of fused-ring (bicyclic) bond motifs is 3. The van der Waals surface area contributed by atoms with Crippen LogP contribution in [0.25, 0.3) is 5.69 Å². The smallest absolute Gasteiger partial charge is 0.341 e. The van der Waals surface area contributed by atoms with Crippen molar-refractivity contribution in [2.45, 2.75) is 32.1 Å². The van der Waals surface area contributed by atoms with Gasteiger partial charge in [0, 0.05) is 35.3 Å². The highest BCUT2D eigenvalue weighted by Gasteiger charge is 2.36. The molecule has 0 radical (unpaired) electrons. The van der Waals surface area contributed by atoms with Gasteiger partial charge in [-0.05, 0) is 31.2 Å². The molecule has 2 aromatic carbocycles. The van der Waals surface area contributed by atoms with Crippen molar-refractivity contribution in [3.8, 4) is 17.2 Å². The van der Waals surface area contributed by atoms with E-state index in [0.717, 1.165) is 16.8 Å². The molecule has 0 fully saturated rings. The van der Waals surface area contributed by atoms with Crippen LogP contribution in [0.1, 0.15) is 52.9 Å². The van der Waals surface area contributed by atoms with Crippen LogP contribution in [0.15, 0.2) is 48.8 Å². The van der Waals surface area contributed by atoms with Gasteiger partial charge < -0.3 is 18.9 Å². The molecule has 0 saturated heterocycles. The van der Waals surface area contributed by atoms with Crippen molar-refractivity contribution in [2.75, 3.05) is 20.8 Å². The maximum atomic E-state index is 12.1. The van der Waals surface area contributed by atoms with Gasteiger partial charge in [0.05, 0.1) is 38.3 Å². The average molecular weight is 592 g/mol. The third-order valence-corrected chi connectivity index (χ3v) is 7.33. The number of hydrogen-bond donors (Lipinski definition) is 0. The summed E-state index contributed by atoms with van der Waals surface area (Å²) in [5, 5.41) is 5.24. The van der Waals surface area contributed by atoms with Gasteiger partial charge in [0.2, 0.25) is 0 Å². The van der Waals surface area contributed by atoms with Gasteiger partial charge >= 0.3 is 5.97 Å². The Bertz CT molecular complexity index is 1520. The molecule has 5 rings (SSSR count). The number of para-hydroxylation sites is 1. The second kappa shape index (κ2) is 11.5. The number of hydrogen-bond acceptors (Lipinski definition) is 7. The van der Waals surface area contributed by atoms with E-state index in [1.807, 2.05) is 30.3 Å². The fraction of sp³-hybridized carbons (Fsp3) is 0.296. The van der Waals surface area contributed by atoms with Crippen molar-refractivity contribution in [1.82, 2.24) is 19.3 Å². The predicted octanol–water partition coefficient (Wildman–Crippen LogP) is 6.47. The Balaban J connectivity index is 1.59. The molecule has 0 spiro atoms. The summed E-state index contributed by atoms with van der Waals surface area (Å²) in [7, 11) is 3.16. The first-order chi connectivity index (χ1) is 18.9. The molecule has 0 N–H and O–H groups in total. The molecule has 0 bridgehead atoms. The first-order valence-corrected chi connectivity index (χ1v) is 13.3. The molecule has 2 atom stereocenters. The van der Waals surface area contributed by atoms with Gasteiger partial charge in [-0.25, -0.2) is 9.78 Å². The number of halogens is 3. The van der Waals surface area contributed by atoms with E-state index >= 15 is 0 Å². The Labute approximate surface area is 240 Å². The molecular formula is C27H25Cl3N4O5. The monoisotopic (exact) mass is 590 g/mol. The maximum absolute atomic E-state index is 12.1. The molecule has 4 aromatic rings. The van der Waals surface area contributed by atoms with Gasteiger partial charge in [-0.15, -0.1) is 0 Å². The second-order valence-corrected chi connectivity index (χ2v) is 9.83. The molecule has 1 aliphatic rings. The van der Waals surface area contributed by atoms with Crippen molar-refractivity contribution in [1.29, 1.82) is 0 Å². The molecule has 0 aliphatic carbocycles. The zero-order valence-corrected chi connectivity index (χ0v) is 23.6. The van der Waals surface area contributed by atoms with Crippen LogP contribution in [-0.4, -0.2) is 46.1 Å². The van der Waals surface area contributed by atoms with Gasteiger partial charge in [0.1, 0.15) is 18.0 Å². The lowest BCUT2D eigenvalue weighted by molar-refractivity contribution is -0.00408. The molecular weight excluding hydrogens is 567 g/mol. The minimum atomic E-state index is -0.627. The fourth-order valence-electron chi connectivity index (χ4n) is 4.68. The first kappa shape index (κ1) is 27.3. The first-order valence-electron chi connectivity index (χ1n) is 12.2. The number of methoxy groups -OCH3 is 2.